The maximum atomic E-state index is 5.19. The van der Waals surface area contributed by atoms with Crippen molar-refractivity contribution in [2.75, 3.05) is 33.3 Å². The van der Waals surface area contributed by atoms with Gasteiger partial charge < -0.3 is 15.0 Å². The van der Waals surface area contributed by atoms with Crippen LogP contribution in [0.3, 0.4) is 0 Å². The van der Waals surface area contributed by atoms with E-state index >= 15 is 0 Å². The Morgan fingerprint density at radius 3 is 2.74 bits per heavy atom. The van der Waals surface area contributed by atoms with Crippen LogP contribution >= 0.6 is 0 Å². The van der Waals surface area contributed by atoms with Crippen LogP contribution in [0.15, 0.2) is 24.3 Å². The van der Waals surface area contributed by atoms with Crippen LogP contribution in [-0.2, 0) is 6.42 Å². The van der Waals surface area contributed by atoms with E-state index in [0.717, 1.165) is 30.7 Å². The van der Waals surface area contributed by atoms with E-state index in [1.807, 2.05) is 0 Å². The van der Waals surface area contributed by atoms with Crippen LogP contribution in [0.2, 0.25) is 0 Å². The zero-order chi connectivity index (χ0) is 13.1. The van der Waals surface area contributed by atoms with Crippen LogP contribution in [0.5, 0.6) is 5.75 Å². The molecule has 1 aromatic rings. The molecule has 0 aromatic heterocycles. The van der Waals surface area contributed by atoms with Crippen molar-refractivity contribution in [3.05, 3.63) is 29.8 Å². The first-order valence-electron chi connectivity index (χ1n) is 7.44. The summed E-state index contributed by atoms with van der Waals surface area (Å²) in [6.07, 6.45) is 4.01. The average Bonchev–Trinajstić information content (AvgIpc) is 3.31. The molecule has 3 rings (SSSR count). The summed E-state index contributed by atoms with van der Waals surface area (Å²) in [5.41, 5.74) is 1.40. The lowest BCUT2D eigenvalue weighted by Crippen LogP contribution is -2.52. The summed E-state index contributed by atoms with van der Waals surface area (Å²) in [6, 6.07) is 9.23. The van der Waals surface area contributed by atoms with Crippen molar-refractivity contribution < 1.29 is 4.74 Å². The lowest BCUT2D eigenvalue weighted by molar-refractivity contribution is 0.190. The van der Waals surface area contributed by atoms with Gasteiger partial charge in [-0.2, -0.15) is 0 Å². The first-order chi connectivity index (χ1) is 9.35. The number of benzene rings is 1. The fourth-order valence-corrected chi connectivity index (χ4v) is 2.94. The molecular weight excluding hydrogens is 236 g/mol. The van der Waals surface area contributed by atoms with Gasteiger partial charge in [0, 0.05) is 32.2 Å². The molecular formula is C16H24N2O. The minimum Gasteiger partial charge on any atom is -0.497 e. The summed E-state index contributed by atoms with van der Waals surface area (Å²) >= 11 is 0. The van der Waals surface area contributed by atoms with Crippen molar-refractivity contribution in [1.29, 1.82) is 0 Å². The van der Waals surface area contributed by atoms with Gasteiger partial charge in [-0.3, -0.25) is 0 Å². The van der Waals surface area contributed by atoms with Crippen molar-refractivity contribution >= 4 is 0 Å². The van der Waals surface area contributed by atoms with Gasteiger partial charge in [0.05, 0.1) is 7.11 Å². The van der Waals surface area contributed by atoms with Crippen LogP contribution in [0, 0.1) is 5.92 Å². The fraction of sp³-hybridized carbons (Fsp3) is 0.625. The number of rotatable bonds is 5. The zero-order valence-corrected chi connectivity index (χ0v) is 11.8. The summed E-state index contributed by atoms with van der Waals surface area (Å²) in [4.78, 5) is 2.61. The number of methoxy groups -OCH3 is 1. The molecule has 0 bridgehead atoms. The highest BCUT2D eigenvalue weighted by molar-refractivity contribution is 5.27. The Morgan fingerprint density at radius 1 is 1.26 bits per heavy atom. The highest BCUT2D eigenvalue weighted by Crippen LogP contribution is 2.33. The molecule has 104 valence electrons. The van der Waals surface area contributed by atoms with E-state index in [4.69, 9.17) is 4.74 Å². The standard InChI is InChI=1S/C16H24N2O/c1-19-15-6-2-13(3-7-15)8-10-18-11-9-17-16(12-18)14-4-5-14/h2-3,6-7,14,16-17H,4-5,8-12H2,1H3. The van der Waals surface area contributed by atoms with Gasteiger partial charge in [0.1, 0.15) is 5.75 Å². The minimum absolute atomic E-state index is 0.754. The highest BCUT2D eigenvalue weighted by atomic mass is 16.5. The lowest BCUT2D eigenvalue weighted by Gasteiger charge is -2.33. The van der Waals surface area contributed by atoms with Gasteiger partial charge in [0.2, 0.25) is 0 Å². The van der Waals surface area contributed by atoms with E-state index in [1.165, 1.54) is 38.0 Å². The average molecular weight is 260 g/mol. The van der Waals surface area contributed by atoms with Crippen molar-refractivity contribution in [1.82, 2.24) is 10.2 Å². The topological polar surface area (TPSA) is 24.5 Å². The number of ether oxygens (including phenoxy) is 1. The molecule has 1 saturated carbocycles. The molecule has 2 fully saturated rings. The third-order valence-electron chi connectivity index (χ3n) is 4.36. The van der Waals surface area contributed by atoms with Gasteiger partial charge in [-0.15, -0.1) is 0 Å². The maximum Gasteiger partial charge on any atom is 0.118 e. The third-order valence-corrected chi connectivity index (χ3v) is 4.36. The van der Waals surface area contributed by atoms with Crippen LogP contribution in [-0.4, -0.2) is 44.2 Å². The SMILES string of the molecule is COc1ccc(CCN2CCNC(C3CC3)C2)cc1. The molecule has 1 heterocycles. The Morgan fingerprint density at radius 2 is 2.05 bits per heavy atom. The van der Waals surface area contributed by atoms with Crippen molar-refractivity contribution in [3.8, 4) is 5.75 Å². The number of nitrogens with zero attached hydrogens (tertiary/aromatic N) is 1. The second-order valence-electron chi connectivity index (χ2n) is 5.80. The molecule has 2 aliphatic rings. The van der Waals surface area contributed by atoms with Gasteiger partial charge in [0.15, 0.2) is 0 Å². The van der Waals surface area contributed by atoms with E-state index in [9.17, 15) is 0 Å². The van der Waals surface area contributed by atoms with E-state index in [1.54, 1.807) is 7.11 Å². The first-order valence-corrected chi connectivity index (χ1v) is 7.44. The van der Waals surface area contributed by atoms with Crippen LogP contribution in [0.25, 0.3) is 0 Å². The molecule has 1 saturated heterocycles. The molecule has 3 heteroatoms. The van der Waals surface area contributed by atoms with E-state index in [-0.39, 0.29) is 0 Å². The van der Waals surface area contributed by atoms with Crippen LogP contribution in [0.1, 0.15) is 18.4 Å². The fourth-order valence-electron chi connectivity index (χ4n) is 2.94. The largest absolute Gasteiger partial charge is 0.497 e. The second kappa shape index (κ2) is 5.93. The molecule has 1 atom stereocenters. The molecule has 1 aliphatic carbocycles. The van der Waals surface area contributed by atoms with E-state index in [0.29, 0.717) is 0 Å². The molecule has 1 unspecified atom stereocenters. The van der Waals surface area contributed by atoms with Crippen LogP contribution in [0.4, 0.5) is 0 Å². The molecule has 1 aliphatic heterocycles. The minimum atomic E-state index is 0.754. The zero-order valence-electron chi connectivity index (χ0n) is 11.8. The van der Waals surface area contributed by atoms with Crippen molar-refractivity contribution in [2.45, 2.75) is 25.3 Å². The van der Waals surface area contributed by atoms with E-state index in [2.05, 4.69) is 34.5 Å². The molecule has 0 spiro atoms. The van der Waals surface area contributed by atoms with Gasteiger partial charge in [-0.25, -0.2) is 0 Å². The first kappa shape index (κ1) is 12.9. The molecule has 3 nitrogen and oxygen atoms in total. The summed E-state index contributed by atoms with van der Waals surface area (Å²) in [6.45, 7) is 4.77. The summed E-state index contributed by atoms with van der Waals surface area (Å²) in [5, 5.41) is 3.67. The number of hydrogen-bond donors (Lipinski definition) is 1. The van der Waals surface area contributed by atoms with Crippen LogP contribution < -0.4 is 10.1 Å². The predicted molar refractivity (Wildman–Crippen MR) is 77.7 cm³/mol. The smallest absolute Gasteiger partial charge is 0.118 e. The predicted octanol–water partition coefficient (Wildman–Crippen LogP) is 1.92. The molecule has 1 aromatic carbocycles. The summed E-state index contributed by atoms with van der Waals surface area (Å²) < 4.78 is 5.19. The second-order valence-corrected chi connectivity index (χ2v) is 5.80. The summed E-state index contributed by atoms with van der Waals surface area (Å²) in [5.74, 6) is 1.91. The van der Waals surface area contributed by atoms with Crippen molar-refractivity contribution in [3.63, 3.8) is 0 Å². The van der Waals surface area contributed by atoms with Gasteiger partial charge in [-0.1, -0.05) is 12.1 Å². The quantitative estimate of drug-likeness (QED) is 0.875. The Kier molecular flexibility index (Phi) is 4.04. The lowest BCUT2D eigenvalue weighted by atomic mass is 10.1. The van der Waals surface area contributed by atoms with Gasteiger partial charge >= 0.3 is 0 Å². The number of nitrogens with one attached hydrogen (secondary N) is 1. The number of piperazine rings is 1. The van der Waals surface area contributed by atoms with E-state index < -0.39 is 0 Å². The number of hydrogen-bond acceptors (Lipinski definition) is 3. The maximum absolute atomic E-state index is 5.19. The molecule has 0 radical (unpaired) electrons. The van der Waals surface area contributed by atoms with Gasteiger partial charge in [0.25, 0.3) is 0 Å². The van der Waals surface area contributed by atoms with Gasteiger partial charge in [-0.05, 0) is 42.9 Å². The third kappa shape index (κ3) is 3.48. The Bertz CT molecular complexity index is 400. The molecule has 0 amide bonds. The molecule has 1 N–H and O–H groups in total. The van der Waals surface area contributed by atoms with Crippen molar-refractivity contribution in [2.24, 2.45) is 5.92 Å². The normalized spacial score (nSPS) is 24.4. The summed E-state index contributed by atoms with van der Waals surface area (Å²) in [7, 11) is 1.72. The Hall–Kier alpha value is -1.06. The monoisotopic (exact) mass is 260 g/mol. The Balaban J connectivity index is 1.47. The highest BCUT2D eigenvalue weighted by Gasteiger charge is 2.33. The molecule has 19 heavy (non-hydrogen) atoms. The Labute approximate surface area is 115 Å².